The van der Waals surface area contributed by atoms with Crippen LogP contribution < -0.4 is 9.62 Å². The van der Waals surface area contributed by atoms with Crippen LogP contribution in [-0.4, -0.2) is 27.1 Å². The van der Waals surface area contributed by atoms with Gasteiger partial charge in [-0.05, 0) is 35.4 Å². The van der Waals surface area contributed by atoms with E-state index in [1.165, 1.54) is 12.1 Å². The van der Waals surface area contributed by atoms with Gasteiger partial charge in [0.25, 0.3) is 0 Å². The summed E-state index contributed by atoms with van der Waals surface area (Å²) in [6.45, 7) is -0.416. The van der Waals surface area contributed by atoms with Crippen LogP contribution in [0.25, 0.3) is 0 Å². The highest BCUT2D eigenvalue weighted by molar-refractivity contribution is 7.92. The smallest absolute Gasteiger partial charge is 0.241 e. The van der Waals surface area contributed by atoms with Crippen molar-refractivity contribution in [2.45, 2.75) is 6.04 Å². The van der Waals surface area contributed by atoms with Gasteiger partial charge in [-0.1, -0.05) is 60.7 Å². The number of sulfonamides is 1. The van der Waals surface area contributed by atoms with E-state index in [0.717, 1.165) is 33.8 Å². The molecule has 3 aromatic rings. The fourth-order valence-electron chi connectivity index (χ4n) is 2.99. The lowest BCUT2D eigenvalue weighted by Gasteiger charge is -2.25. The van der Waals surface area contributed by atoms with E-state index in [1.807, 2.05) is 60.7 Å². The van der Waals surface area contributed by atoms with E-state index in [1.54, 1.807) is 0 Å². The minimum Gasteiger partial charge on any atom is -0.344 e. The van der Waals surface area contributed by atoms with Crippen molar-refractivity contribution in [1.82, 2.24) is 5.32 Å². The van der Waals surface area contributed by atoms with Gasteiger partial charge in [0.1, 0.15) is 12.4 Å². The van der Waals surface area contributed by atoms with E-state index in [0.29, 0.717) is 0 Å². The topological polar surface area (TPSA) is 66.5 Å². The van der Waals surface area contributed by atoms with Gasteiger partial charge in [-0.25, -0.2) is 12.8 Å². The third kappa shape index (κ3) is 5.42. The zero-order valence-electron chi connectivity index (χ0n) is 15.8. The van der Waals surface area contributed by atoms with Crippen LogP contribution in [0, 0.1) is 5.82 Å². The summed E-state index contributed by atoms with van der Waals surface area (Å²) >= 11 is 0. The maximum Gasteiger partial charge on any atom is 0.241 e. The standard InChI is InChI=1S/C22H21FN2O3S/c1-29(27,28)25(20-14-12-19(23)13-15-20)16-21(26)24-22(17-8-4-2-5-9-17)18-10-6-3-7-11-18/h2-15,22H,16H2,1H3,(H,24,26). The van der Waals surface area contributed by atoms with E-state index in [4.69, 9.17) is 0 Å². The van der Waals surface area contributed by atoms with Crippen LogP contribution in [0.5, 0.6) is 0 Å². The molecule has 0 fully saturated rings. The van der Waals surface area contributed by atoms with Crippen molar-refractivity contribution in [3.05, 3.63) is 102 Å². The lowest BCUT2D eigenvalue weighted by molar-refractivity contribution is -0.120. The maximum absolute atomic E-state index is 13.2. The molecule has 0 unspecified atom stereocenters. The van der Waals surface area contributed by atoms with Crippen LogP contribution in [0.2, 0.25) is 0 Å². The molecule has 0 aliphatic carbocycles. The second kappa shape index (κ2) is 8.87. The second-order valence-corrected chi connectivity index (χ2v) is 8.47. The Labute approximate surface area is 169 Å². The summed E-state index contributed by atoms with van der Waals surface area (Å²) < 4.78 is 38.6. The minimum atomic E-state index is -3.74. The summed E-state index contributed by atoms with van der Waals surface area (Å²) in [5, 5.41) is 2.91. The molecule has 0 bridgehead atoms. The molecule has 0 saturated carbocycles. The number of hydrogen-bond acceptors (Lipinski definition) is 3. The SMILES string of the molecule is CS(=O)(=O)N(CC(=O)NC(c1ccccc1)c1ccccc1)c1ccc(F)cc1. The van der Waals surface area contributed by atoms with E-state index in [9.17, 15) is 17.6 Å². The third-order valence-corrected chi connectivity index (χ3v) is 5.51. The number of hydrogen-bond donors (Lipinski definition) is 1. The predicted octanol–water partition coefficient (Wildman–Crippen LogP) is 3.50. The number of rotatable bonds is 7. The number of carbonyl (C=O) groups excluding carboxylic acids is 1. The summed E-state index contributed by atoms with van der Waals surface area (Å²) in [6, 6.07) is 23.4. The maximum atomic E-state index is 13.2. The summed E-state index contributed by atoms with van der Waals surface area (Å²) in [5.41, 5.74) is 1.97. The first-order valence-corrected chi connectivity index (χ1v) is 10.8. The third-order valence-electron chi connectivity index (χ3n) is 4.37. The first-order valence-electron chi connectivity index (χ1n) is 8.97. The fraction of sp³-hybridized carbons (Fsp3) is 0.136. The van der Waals surface area contributed by atoms with Crippen molar-refractivity contribution in [3.8, 4) is 0 Å². The Morgan fingerprint density at radius 1 is 0.897 bits per heavy atom. The number of carbonyl (C=O) groups is 1. The van der Waals surface area contributed by atoms with Gasteiger partial charge >= 0.3 is 0 Å². The first kappa shape index (κ1) is 20.5. The van der Waals surface area contributed by atoms with E-state index in [-0.39, 0.29) is 5.69 Å². The molecule has 0 aliphatic heterocycles. The summed E-state index contributed by atoms with van der Waals surface area (Å²) in [6.07, 6.45) is 1.01. The van der Waals surface area contributed by atoms with Crippen molar-refractivity contribution in [3.63, 3.8) is 0 Å². The van der Waals surface area contributed by atoms with Gasteiger partial charge in [0.15, 0.2) is 0 Å². The largest absolute Gasteiger partial charge is 0.344 e. The minimum absolute atomic E-state index is 0.222. The lowest BCUT2D eigenvalue weighted by atomic mass is 9.99. The molecule has 3 aromatic carbocycles. The van der Waals surface area contributed by atoms with Crippen molar-refractivity contribution < 1.29 is 17.6 Å². The monoisotopic (exact) mass is 412 g/mol. The molecule has 1 amide bonds. The van der Waals surface area contributed by atoms with Crippen molar-refractivity contribution in [2.24, 2.45) is 0 Å². The molecule has 0 spiro atoms. The van der Waals surface area contributed by atoms with Gasteiger partial charge in [-0.2, -0.15) is 0 Å². The quantitative estimate of drug-likeness (QED) is 0.646. The fourth-order valence-corrected chi connectivity index (χ4v) is 3.85. The number of nitrogens with one attached hydrogen (secondary N) is 1. The average molecular weight is 412 g/mol. The molecule has 5 nitrogen and oxygen atoms in total. The summed E-state index contributed by atoms with van der Waals surface area (Å²) in [4.78, 5) is 12.8. The summed E-state index contributed by atoms with van der Waals surface area (Å²) in [7, 11) is -3.74. The molecule has 7 heteroatoms. The molecule has 0 aromatic heterocycles. The molecular weight excluding hydrogens is 391 g/mol. The highest BCUT2D eigenvalue weighted by Crippen LogP contribution is 2.22. The predicted molar refractivity (Wildman–Crippen MR) is 111 cm³/mol. The Hall–Kier alpha value is -3.19. The van der Waals surface area contributed by atoms with Crippen LogP contribution in [0.1, 0.15) is 17.2 Å². The highest BCUT2D eigenvalue weighted by Gasteiger charge is 2.23. The molecule has 1 N–H and O–H groups in total. The van der Waals surface area contributed by atoms with Gasteiger partial charge < -0.3 is 5.32 Å². The summed E-state index contributed by atoms with van der Waals surface area (Å²) in [5.74, 6) is -0.961. The molecule has 0 heterocycles. The normalized spacial score (nSPS) is 11.3. The first-order chi connectivity index (χ1) is 13.8. The molecule has 0 saturated heterocycles. The number of amides is 1. The van der Waals surface area contributed by atoms with Crippen LogP contribution in [0.4, 0.5) is 10.1 Å². The zero-order chi connectivity index (χ0) is 20.9. The highest BCUT2D eigenvalue weighted by atomic mass is 32.2. The van der Waals surface area contributed by atoms with E-state index >= 15 is 0 Å². The van der Waals surface area contributed by atoms with Crippen LogP contribution in [0.15, 0.2) is 84.9 Å². The number of nitrogens with zero attached hydrogens (tertiary/aromatic N) is 1. The van der Waals surface area contributed by atoms with Crippen LogP contribution >= 0.6 is 0 Å². The van der Waals surface area contributed by atoms with Gasteiger partial charge in [0.2, 0.25) is 15.9 Å². The Morgan fingerprint density at radius 2 is 1.38 bits per heavy atom. The van der Waals surface area contributed by atoms with Gasteiger partial charge in [-0.3, -0.25) is 9.10 Å². The molecular formula is C22H21FN2O3S. The molecule has 0 radical (unpaired) electrons. The van der Waals surface area contributed by atoms with Gasteiger partial charge in [-0.15, -0.1) is 0 Å². The van der Waals surface area contributed by atoms with Gasteiger partial charge in [0.05, 0.1) is 18.0 Å². The lowest BCUT2D eigenvalue weighted by Crippen LogP contribution is -2.41. The van der Waals surface area contributed by atoms with E-state index in [2.05, 4.69) is 5.32 Å². The second-order valence-electron chi connectivity index (χ2n) is 6.57. The number of anilines is 1. The van der Waals surface area contributed by atoms with Crippen LogP contribution in [-0.2, 0) is 14.8 Å². The van der Waals surface area contributed by atoms with Crippen molar-refractivity contribution in [1.29, 1.82) is 0 Å². The van der Waals surface area contributed by atoms with Gasteiger partial charge in [0, 0.05) is 0 Å². The number of halogens is 1. The Morgan fingerprint density at radius 3 is 1.83 bits per heavy atom. The van der Waals surface area contributed by atoms with Crippen molar-refractivity contribution >= 4 is 21.6 Å². The zero-order valence-corrected chi connectivity index (χ0v) is 16.6. The van der Waals surface area contributed by atoms with Crippen molar-refractivity contribution in [2.75, 3.05) is 17.1 Å². The molecule has 3 rings (SSSR count). The van der Waals surface area contributed by atoms with E-state index < -0.39 is 34.3 Å². The number of benzene rings is 3. The Balaban J connectivity index is 1.86. The Kier molecular flexibility index (Phi) is 6.29. The average Bonchev–Trinajstić information content (AvgIpc) is 2.71. The van der Waals surface area contributed by atoms with Crippen LogP contribution in [0.3, 0.4) is 0 Å². The molecule has 150 valence electrons. The molecule has 0 aliphatic rings. The molecule has 29 heavy (non-hydrogen) atoms. The Bertz CT molecular complexity index is 1020. The molecule has 0 atom stereocenters.